The Morgan fingerprint density at radius 1 is 1.15 bits per heavy atom. The quantitative estimate of drug-likeness (QED) is 0.852. The predicted molar refractivity (Wildman–Crippen MR) is 84.6 cm³/mol. The van der Waals surface area contributed by atoms with Gasteiger partial charge in [-0.05, 0) is 37.3 Å². The maximum atomic E-state index is 10.4. The first-order valence-electron chi connectivity index (χ1n) is 8.08. The van der Waals surface area contributed by atoms with Crippen LogP contribution >= 0.6 is 0 Å². The summed E-state index contributed by atoms with van der Waals surface area (Å²) in [6, 6.07) is 10.0. The molecule has 1 aromatic rings. The first-order valence-corrected chi connectivity index (χ1v) is 8.08. The molecule has 1 aliphatic carbocycles. The van der Waals surface area contributed by atoms with Gasteiger partial charge in [0, 0.05) is 13.1 Å². The fraction of sp³-hybridized carbons (Fsp3) is 0.667. The van der Waals surface area contributed by atoms with E-state index in [2.05, 4.69) is 18.9 Å². The van der Waals surface area contributed by atoms with Crippen molar-refractivity contribution < 1.29 is 5.11 Å². The molecule has 0 spiro atoms. The molecule has 2 unspecified atom stereocenters. The minimum Gasteiger partial charge on any atom is -0.388 e. The molecule has 1 fully saturated rings. The normalized spacial score (nSPS) is 20.0. The molecule has 1 aliphatic rings. The predicted octanol–water partition coefficient (Wildman–Crippen LogP) is 3.87. The van der Waals surface area contributed by atoms with Crippen LogP contribution in [0.5, 0.6) is 0 Å². The average molecular weight is 275 g/mol. The third kappa shape index (κ3) is 4.60. The Bertz CT molecular complexity index is 372. The zero-order valence-electron chi connectivity index (χ0n) is 13.0. The summed E-state index contributed by atoms with van der Waals surface area (Å²) in [6.07, 6.45) is 6.65. The summed E-state index contributed by atoms with van der Waals surface area (Å²) < 4.78 is 0. The molecule has 1 N–H and O–H groups in total. The molecule has 1 aromatic carbocycles. The Kier molecular flexibility index (Phi) is 6.06. The van der Waals surface area contributed by atoms with Crippen molar-refractivity contribution in [2.45, 2.75) is 45.1 Å². The van der Waals surface area contributed by atoms with Gasteiger partial charge in [0.2, 0.25) is 0 Å². The number of hydrogen-bond donors (Lipinski definition) is 1. The van der Waals surface area contributed by atoms with Gasteiger partial charge in [-0.3, -0.25) is 0 Å². The Morgan fingerprint density at radius 3 is 2.45 bits per heavy atom. The third-order valence-electron chi connectivity index (χ3n) is 4.57. The summed E-state index contributed by atoms with van der Waals surface area (Å²) >= 11 is 0. The van der Waals surface area contributed by atoms with Crippen LogP contribution in [0.2, 0.25) is 0 Å². The van der Waals surface area contributed by atoms with Crippen LogP contribution in [0.4, 0.5) is 0 Å². The fourth-order valence-electron chi connectivity index (χ4n) is 3.46. The molecule has 20 heavy (non-hydrogen) atoms. The maximum Gasteiger partial charge on any atom is 0.0827 e. The summed E-state index contributed by atoms with van der Waals surface area (Å²) in [7, 11) is 2.20. The lowest BCUT2D eigenvalue weighted by molar-refractivity contribution is 0.0886. The molecule has 0 bridgehead atoms. The van der Waals surface area contributed by atoms with Gasteiger partial charge in [0.1, 0.15) is 0 Å². The Labute approximate surface area is 123 Å². The van der Waals surface area contributed by atoms with Crippen LogP contribution in [0.15, 0.2) is 30.3 Å². The molecule has 1 saturated carbocycles. The lowest BCUT2D eigenvalue weighted by Gasteiger charge is -2.30. The second kappa shape index (κ2) is 7.80. The van der Waals surface area contributed by atoms with Crippen molar-refractivity contribution in [2.75, 3.05) is 20.1 Å². The minimum atomic E-state index is -0.356. The van der Waals surface area contributed by atoms with Crippen LogP contribution in [-0.2, 0) is 0 Å². The van der Waals surface area contributed by atoms with Crippen molar-refractivity contribution in [3.8, 4) is 0 Å². The van der Waals surface area contributed by atoms with Crippen molar-refractivity contribution in [3.63, 3.8) is 0 Å². The van der Waals surface area contributed by atoms with Gasteiger partial charge in [0.05, 0.1) is 6.10 Å². The average Bonchev–Trinajstić information content (AvgIpc) is 2.48. The van der Waals surface area contributed by atoms with E-state index < -0.39 is 0 Å². The summed E-state index contributed by atoms with van der Waals surface area (Å²) in [5.41, 5.74) is 1.03. The van der Waals surface area contributed by atoms with E-state index >= 15 is 0 Å². The summed E-state index contributed by atoms with van der Waals surface area (Å²) in [6.45, 7) is 4.30. The van der Waals surface area contributed by atoms with Gasteiger partial charge in [-0.1, -0.05) is 56.5 Å². The molecule has 2 atom stereocenters. The van der Waals surface area contributed by atoms with Gasteiger partial charge < -0.3 is 10.0 Å². The Balaban J connectivity index is 1.79. The molecule has 0 amide bonds. The van der Waals surface area contributed by atoms with Gasteiger partial charge >= 0.3 is 0 Å². The standard InChI is InChI=1S/C18H29NO/c1-15(18(20)17-11-7-4-8-12-17)13-19(2)14-16-9-5-3-6-10-16/h4,7-8,11-12,15-16,18,20H,3,5-6,9-10,13-14H2,1-2H3. The van der Waals surface area contributed by atoms with Crippen LogP contribution in [0, 0.1) is 11.8 Å². The second-order valence-electron chi connectivity index (χ2n) is 6.56. The van der Waals surface area contributed by atoms with E-state index in [1.807, 2.05) is 30.3 Å². The highest BCUT2D eigenvalue weighted by molar-refractivity contribution is 5.17. The number of nitrogens with zero attached hydrogens (tertiary/aromatic N) is 1. The number of aliphatic hydroxyl groups excluding tert-OH is 1. The molecular formula is C18H29NO. The maximum absolute atomic E-state index is 10.4. The van der Waals surface area contributed by atoms with Gasteiger partial charge in [-0.25, -0.2) is 0 Å². The Hall–Kier alpha value is -0.860. The first-order chi connectivity index (χ1) is 9.66. The van der Waals surface area contributed by atoms with Gasteiger partial charge in [-0.15, -0.1) is 0 Å². The van der Waals surface area contributed by atoms with Crippen LogP contribution in [0.3, 0.4) is 0 Å². The molecule has 0 aromatic heterocycles. The number of benzene rings is 1. The van der Waals surface area contributed by atoms with E-state index in [0.29, 0.717) is 0 Å². The largest absolute Gasteiger partial charge is 0.388 e. The van der Waals surface area contributed by atoms with Crippen LogP contribution in [-0.4, -0.2) is 30.1 Å². The molecule has 0 saturated heterocycles. The monoisotopic (exact) mass is 275 g/mol. The summed E-state index contributed by atoms with van der Waals surface area (Å²) in [4.78, 5) is 2.41. The molecule has 0 radical (unpaired) electrons. The minimum absolute atomic E-state index is 0.269. The van der Waals surface area contributed by atoms with Crippen LogP contribution in [0.1, 0.15) is 50.7 Å². The lowest BCUT2D eigenvalue weighted by Crippen LogP contribution is -2.32. The van der Waals surface area contributed by atoms with Crippen molar-refractivity contribution in [1.29, 1.82) is 0 Å². The smallest absolute Gasteiger partial charge is 0.0827 e. The summed E-state index contributed by atoms with van der Waals surface area (Å²) in [5.74, 6) is 1.14. The van der Waals surface area contributed by atoms with E-state index in [9.17, 15) is 5.11 Å². The highest BCUT2D eigenvalue weighted by Gasteiger charge is 2.20. The molecule has 2 nitrogen and oxygen atoms in total. The highest BCUT2D eigenvalue weighted by Crippen LogP contribution is 2.26. The first kappa shape index (κ1) is 15.5. The number of rotatable bonds is 6. The third-order valence-corrected chi connectivity index (χ3v) is 4.57. The molecular weight excluding hydrogens is 246 g/mol. The molecule has 0 aliphatic heterocycles. The van der Waals surface area contributed by atoms with E-state index in [-0.39, 0.29) is 12.0 Å². The van der Waals surface area contributed by atoms with Crippen LogP contribution < -0.4 is 0 Å². The van der Waals surface area contributed by atoms with Gasteiger partial charge in [-0.2, -0.15) is 0 Å². The van der Waals surface area contributed by atoms with Crippen LogP contribution in [0.25, 0.3) is 0 Å². The molecule has 2 rings (SSSR count). The second-order valence-corrected chi connectivity index (χ2v) is 6.56. The number of aliphatic hydroxyl groups is 1. The van der Waals surface area contributed by atoms with Crippen molar-refractivity contribution in [3.05, 3.63) is 35.9 Å². The SMILES string of the molecule is CC(CN(C)CC1CCCCC1)C(O)c1ccccc1. The highest BCUT2D eigenvalue weighted by atomic mass is 16.3. The molecule has 0 heterocycles. The van der Waals surface area contributed by atoms with Gasteiger partial charge in [0.25, 0.3) is 0 Å². The Morgan fingerprint density at radius 2 is 1.80 bits per heavy atom. The topological polar surface area (TPSA) is 23.5 Å². The zero-order valence-corrected chi connectivity index (χ0v) is 13.0. The van der Waals surface area contributed by atoms with Gasteiger partial charge in [0.15, 0.2) is 0 Å². The van der Waals surface area contributed by atoms with E-state index in [0.717, 1.165) is 18.0 Å². The molecule has 112 valence electrons. The molecule has 2 heteroatoms. The fourth-order valence-corrected chi connectivity index (χ4v) is 3.46. The van der Waals surface area contributed by atoms with Crippen molar-refractivity contribution in [1.82, 2.24) is 4.90 Å². The van der Waals surface area contributed by atoms with Crippen molar-refractivity contribution in [2.24, 2.45) is 11.8 Å². The number of hydrogen-bond acceptors (Lipinski definition) is 2. The van der Waals surface area contributed by atoms with Crippen molar-refractivity contribution >= 4 is 0 Å². The van der Waals surface area contributed by atoms with E-state index in [4.69, 9.17) is 0 Å². The lowest BCUT2D eigenvalue weighted by atomic mass is 9.88. The van der Waals surface area contributed by atoms with E-state index in [1.165, 1.54) is 38.6 Å². The zero-order chi connectivity index (χ0) is 14.4. The summed E-state index contributed by atoms with van der Waals surface area (Å²) in [5, 5.41) is 10.4. The van der Waals surface area contributed by atoms with E-state index in [1.54, 1.807) is 0 Å².